The molecule has 156 valence electrons. The first-order valence-corrected chi connectivity index (χ1v) is 9.98. The first-order valence-electron chi connectivity index (χ1n) is 9.98. The van der Waals surface area contributed by atoms with Crippen molar-refractivity contribution in [2.75, 3.05) is 32.0 Å². The Labute approximate surface area is 171 Å². The summed E-state index contributed by atoms with van der Waals surface area (Å²) in [5, 5.41) is 6.37. The highest BCUT2D eigenvalue weighted by atomic mass is 16.5. The number of amides is 1. The molecule has 2 N–H and O–H groups in total. The van der Waals surface area contributed by atoms with Crippen LogP contribution in [0.3, 0.4) is 0 Å². The smallest absolute Gasteiger partial charge is 0.255 e. The second kappa shape index (κ2) is 10.0. The van der Waals surface area contributed by atoms with Crippen LogP contribution in [0.2, 0.25) is 0 Å². The van der Waals surface area contributed by atoms with Crippen LogP contribution in [0.5, 0.6) is 17.2 Å². The summed E-state index contributed by atoms with van der Waals surface area (Å²) in [5.74, 6) is 1.94. The lowest BCUT2D eigenvalue weighted by Crippen LogP contribution is -2.20. The van der Waals surface area contributed by atoms with Gasteiger partial charge in [-0.3, -0.25) is 4.79 Å². The molecule has 2 aromatic rings. The average molecular weight is 399 g/mol. The number of ether oxygens (including phenoxy) is 3. The number of nitrogens with zero attached hydrogens (tertiary/aromatic N) is 1. The van der Waals surface area contributed by atoms with Gasteiger partial charge in [0.15, 0.2) is 11.5 Å². The number of benzene rings is 1. The molecule has 7 nitrogen and oxygen atoms in total. The van der Waals surface area contributed by atoms with Gasteiger partial charge < -0.3 is 24.8 Å². The van der Waals surface area contributed by atoms with E-state index in [2.05, 4.69) is 15.6 Å². The monoisotopic (exact) mass is 399 g/mol. The Morgan fingerprint density at radius 1 is 0.966 bits per heavy atom. The van der Waals surface area contributed by atoms with Crippen molar-refractivity contribution >= 4 is 17.4 Å². The molecule has 0 aliphatic heterocycles. The Kier molecular flexibility index (Phi) is 7.16. The zero-order valence-electron chi connectivity index (χ0n) is 17.3. The van der Waals surface area contributed by atoms with Crippen LogP contribution in [0.1, 0.15) is 48.9 Å². The van der Waals surface area contributed by atoms with Gasteiger partial charge in [0.1, 0.15) is 5.82 Å². The lowest BCUT2D eigenvalue weighted by Gasteiger charge is -2.17. The summed E-state index contributed by atoms with van der Waals surface area (Å²) in [4.78, 5) is 17.2. The van der Waals surface area contributed by atoms with Crippen molar-refractivity contribution in [2.24, 2.45) is 0 Å². The molecule has 1 fully saturated rings. The summed E-state index contributed by atoms with van der Waals surface area (Å²) in [6.45, 7) is 0. The zero-order chi connectivity index (χ0) is 20.6. The molecule has 0 saturated heterocycles. The van der Waals surface area contributed by atoms with Crippen LogP contribution in [0.25, 0.3) is 0 Å². The van der Waals surface area contributed by atoms with Crippen molar-refractivity contribution in [3.05, 3.63) is 36.0 Å². The Morgan fingerprint density at radius 3 is 2.21 bits per heavy atom. The molecule has 1 aliphatic carbocycles. The topological polar surface area (TPSA) is 81.7 Å². The summed E-state index contributed by atoms with van der Waals surface area (Å²) in [7, 11) is 4.62. The van der Waals surface area contributed by atoms with Crippen molar-refractivity contribution < 1.29 is 19.0 Å². The first kappa shape index (κ1) is 20.8. The SMILES string of the molecule is COc1cc(NC(=O)c2ccnc(NC3CCCCCC3)c2)cc(OC)c1OC. The van der Waals surface area contributed by atoms with Gasteiger partial charge >= 0.3 is 0 Å². The van der Waals surface area contributed by atoms with E-state index >= 15 is 0 Å². The van der Waals surface area contributed by atoms with Gasteiger partial charge in [0.25, 0.3) is 5.91 Å². The molecular formula is C22H29N3O4. The highest BCUT2D eigenvalue weighted by molar-refractivity contribution is 6.05. The maximum absolute atomic E-state index is 12.8. The van der Waals surface area contributed by atoms with Gasteiger partial charge in [0, 0.05) is 35.6 Å². The second-order valence-corrected chi connectivity index (χ2v) is 7.13. The molecule has 29 heavy (non-hydrogen) atoms. The Bertz CT molecular complexity index is 808. The van der Waals surface area contributed by atoms with Gasteiger partial charge in [-0.15, -0.1) is 0 Å². The number of aromatic nitrogens is 1. The average Bonchev–Trinajstić information content (AvgIpc) is 3.01. The zero-order valence-corrected chi connectivity index (χ0v) is 17.3. The fraction of sp³-hybridized carbons (Fsp3) is 0.455. The van der Waals surface area contributed by atoms with Gasteiger partial charge in [-0.05, 0) is 25.0 Å². The molecule has 0 atom stereocenters. The first-order chi connectivity index (χ1) is 14.1. The van der Waals surface area contributed by atoms with E-state index < -0.39 is 0 Å². The Morgan fingerprint density at radius 2 is 1.62 bits per heavy atom. The fourth-order valence-corrected chi connectivity index (χ4v) is 3.64. The number of hydrogen-bond acceptors (Lipinski definition) is 6. The molecular weight excluding hydrogens is 370 g/mol. The molecule has 7 heteroatoms. The number of methoxy groups -OCH3 is 3. The molecule has 0 spiro atoms. The van der Waals surface area contributed by atoms with E-state index in [9.17, 15) is 4.79 Å². The van der Waals surface area contributed by atoms with E-state index in [1.54, 1.807) is 37.6 Å². The summed E-state index contributed by atoms with van der Waals surface area (Å²) < 4.78 is 16.0. The quantitative estimate of drug-likeness (QED) is 0.668. The molecule has 1 amide bonds. The summed E-state index contributed by atoms with van der Waals surface area (Å²) in [6, 6.07) is 7.30. The molecule has 0 unspecified atom stereocenters. The van der Waals surface area contributed by atoms with Crippen LogP contribution in [0.4, 0.5) is 11.5 Å². The largest absolute Gasteiger partial charge is 0.493 e. The summed E-state index contributed by atoms with van der Waals surface area (Å²) >= 11 is 0. The molecule has 1 heterocycles. The minimum absolute atomic E-state index is 0.231. The maximum Gasteiger partial charge on any atom is 0.255 e. The maximum atomic E-state index is 12.8. The number of hydrogen-bond donors (Lipinski definition) is 2. The molecule has 3 rings (SSSR count). The molecule has 1 aliphatic rings. The number of rotatable bonds is 7. The van der Waals surface area contributed by atoms with Gasteiger partial charge in [-0.1, -0.05) is 25.7 Å². The van der Waals surface area contributed by atoms with Crippen LogP contribution >= 0.6 is 0 Å². The lowest BCUT2D eigenvalue weighted by molar-refractivity contribution is 0.102. The number of pyridine rings is 1. The molecule has 1 saturated carbocycles. The molecule has 0 radical (unpaired) electrons. The summed E-state index contributed by atoms with van der Waals surface area (Å²) in [6.07, 6.45) is 9.00. The van der Waals surface area contributed by atoms with Crippen molar-refractivity contribution in [3.63, 3.8) is 0 Å². The minimum atomic E-state index is -0.231. The van der Waals surface area contributed by atoms with Crippen molar-refractivity contribution in [3.8, 4) is 17.2 Å². The third-order valence-corrected chi connectivity index (χ3v) is 5.15. The van der Waals surface area contributed by atoms with E-state index in [1.165, 1.54) is 39.9 Å². The normalized spacial score (nSPS) is 14.6. The number of anilines is 2. The standard InChI is InChI=1S/C22H29N3O4/c1-27-18-13-17(14-19(28-2)21(18)29-3)25-22(26)15-10-11-23-20(12-15)24-16-8-6-4-5-7-9-16/h10-14,16H,4-9H2,1-3H3,(H,23,24)(H,25,26). The predicted molar refractivity (Wildman–Crippen MR) is 113 cm³/mol. The van der Waals surface area contributed by atoms with Gasteiger partial charge in [-0.25, -0.2) is 4.98 Å². The van der Waals surface area contributed by atoms with Gasteiger partial charge in [0.2, 0.25) is 5.75 Å². The lowest BCUT2D eigenvalue weighted by atomic mass is 10.1. The predicted octanol–water partition coefficient (Wildman–Crippen LogP) is 4.49. The van der Waals surface area contributed by atoms with Crippen LogP contribution in [0.15, 0.2) is 30.5 Å². The van der Waals surface area contributed by atoms with Crippen molar-refractivity contribution in [1.29, 1.82) is 0 Å². The highest BCUT2D eigenvalue weighted by Gasteiger charge is 2.16. The minimum Gasteiger partial charge on any atom is -0.493 e. The molecule has 0 bridgehead atoms. The van der Waals surface area contributed by atoms with E-state index in [1.807, 2.05) is 0 Å². The third kappa shape index (κ3) is 5.31. The second-order valence-electron chi connectivity index (χ2n) is 7.13. The van der Waals surface area contributed by atoms with Gasteiger partial charge in [-0.2, -0.15) is 0 Å². The summed E-state index contributed by atoms with van der Waals surface area (Å²) in [5.41, 5.74) is 1.09. The number of nitrogens with one attached hydrogen (secondary N) is 2. The Hall–Kier alpha value is -2.96. The molecule has 1 aromatic carbocycles. The van der Waals surface area contributed by atoms with E-state index in [-0.39, 0.29) is 5.91 Å². The van der Waals surface area contributed by atoms with Gasteiger partial charge in [0.05, 0.1) is 21.3 Å². The van der Waals surface area contributed by atoms with Crippen LogP contribution < -0.4 is 24.8 Å². The van der Waals surface area contributed by atoms with Crippen LogP contribution in [-0.2, 0) is 0 Å². The third-order valence-electron chi connectivity index (χ3n) is 5.15. The van der Waals surface area contributed by atoms with Crippen molar-refractivity contribution in [1.82, 2.24) is 4.98 Å². The Balaban J connectivity index is 1.74. The van der Waals surface area contributed by atoms with Crippen molar-refractivity contribution in [2.45, 2.75) is 44.6 Å². The van der Waals surface area contributed by atoms with E-state index in [0.29, 0.717) is 34.5 Å². The number of carbonyl (C=O) groups excluding carboxylic acids is 1. The highest BCUT2D eigenvalue weighted by Crippen LogP contribution is 2.40. The van der Waals surface area contributed by atoms with E-state index in [4.69, 9.17) is 14.2 Å². The molecule has 1 aromatic heterocycles. The van der Waals surface area contributed by atoms with Crippen LogP contribution in [0, 0.1) is 0 Å². The van der Waals surface area contributed by atoms with Crippen LogP contribution in [-0.4, -0.2) is 38.3 Å². The fourth-order valence-electron chi connectivity index (χ4n) is 3.64. The number of carbonyl (C=O) groups is 1. The van der Waals surface area contributed by atoms with E-state index in [0.717, 1.165) is 18.7 Å².